The van der Waals surface area contributed by atoms with E-state index in [0.29, 0.717) is 13.0 Å². The molecule has 3 nitrogen and oxygen atoms in total. The number of nitrogens with zero attached hydrogens (tertiary/aromatic N) is 1. The molecule has 4 heteroatoms. The van der Waals surface area contributed by atoms with Crippen LogP contribution in [0.2, 0.25) is 0 Å². The summed E-state index contributed by atoms with van der Waals surface area (Å²) in [6.45, 7) is 1.32. The molecule has 0 fully saturated rings. The van der Waals surface area contributed by atoms with Crippen LogP contribution in [0.25, 0.3) is 10.9 Å². The molecule has 2 aromatic carbocycles. The Morgan fingerprint density at radius 1 is 1.17 bits per heavy atom. The molecule has 1 aliphatic heterocycles. The summed E-state index contributed by atoms with van der Waals surface area (Å²) in [7, 11) is 0. The molecule has 0 spiro atoms. The van der Waals surface area contributed by atoms with Crippen molar-refractivity contribution in [2.24, 2.45) is 0 Å². The highest BCUT2D eigenvalue weighted by Gasteiger charge is 2.23. The third kappa shape index (κ3) is 2.80. The summed E-state index contributed by atoms with van der Waals surface area (Å²) >= 11 is 0. The average molecular weight is 322 g/mol. The Morgan fingerprint density at radius 2 is 2.00 bits per heavy atom. The Morgan fingerprint density at radius 3 is 2.83 bits per heavy atom. The van der Waals surface area contributed by atoms with Gasteiger partial charge in [0.1, 0.15) is 5.82 Å². The highest BCUT2D eigenvalue weighted by molar-refractivity contribution is 5.86. The van der Waals surface area contributed by atoms with E-state index >= 15 is 0 Å². The molecule has 0 bridgehead atoms. The largest absolute Gasteiger partial charge is 0.358 e. The van der Waals surface area contributed by atoms with E-state index in [1.54, 1.807) is 6.07 Å². The van der Waals surface area contributed by atoms with Crippen LogP contribution < -0.4 is 0 Å². The first-order valence-corrected chi connectivity index (χ1v) is 8.31. The van der Waals surface area contributed by atoms with Crippen molar-refractivity contribution in [2.75, 3.05) is 6.54 Å². The number of carbonyl (C=O) groups is 1. The molecular weight excluding hydrogens is 303 g/mol. The van der Waals surface area contributed by atoms with Crippen LogP contribution >= 0.6 is 0 Å². The van der Waals surface area contributed by atoms with Gasteiger partial charge in [-0.3, -0.25) is 4.79 Å². The zero-order valence-electron chi connectivity index (χ0n) is 13.4. The SMILES string of the molecule is O=C(CCc1ccccc1)N1CCc2[nH]c3cc(F)ccc3c2C1. The first-order chi connectivity index (χ1) is 11.7. The lowest BCUT2D eigenvalue weighted by Crippen LogP contribution is -2.35. The number of hydrogen-bond acceptors (Lipinski definition) is 1. The van der Waals surface area contributed by atoms with Crippen LogP contribution in [0.1, 0.15) is 23.2 Å². The molecule has 0 atom stereocenters. The van der Waals surface area contributed by atoms with Gasteiger partial charge in [0.05, 0.1) is 0 Å². The summed E-state index contributed by atoms with van der Waals surface area (Å²) in [6.07, 6.45) is 2.08. The summed E-state index contributed by atoms with van der Waals surface area (Å²) < 4.78 is 13.4. The Balaban J connectivity index is 1.49. The number of H-pyrrole nitrogens is 1. The number of aromatic nitrogens is 1. The summed E-state index contributed by atoms with van der Waals surface area (Å²) in [5.74, 6) is -0.0575. The summed E-state index contributed by atoms with van der Waals surface area (Å²) in [6, 6.07) is 14.9. The molecule has 0 radical (unpaired) electrons. The van der Waals surface area contributed by atoms with Crippen molar-refractivity contribution >= 4 is 16.8 Å². The Hall–Kier alpha value is -2.62. The molecule has 2 heterocycles. The maximum atomic E-state index is 13.4. The van der Waals surface area contributed by atoms with E-state index < -0.39 is 0 Å². The van der Waals surface area contributed by atoms with Gasteiger partial charge in [-0.05, 0) is 30.2 Å². The lowest BCUT2D eigenvalue weighted by atomic mass is 10.0. The smallest absolute Gasteiger partial charge is 0.223 e. The lowest BCUT2D eigenvalue weighted by Gasteiger charge is -2.27. The topological polar surface area (TPSA) is 36.1 Å². The van der Waals surface area contributed by atoms with E-state index in [0.717, 1.165) is 41.5 Å². The first-order valence-electron chi connectivity index (χ1n) is 8.31. The molecule has 0 saturated heterocycles. The van der Waals surface area contributed by atoms with Crippen molar-refractivity contribution in [3.63, 3.8) is 0 Å². The van der Waals surface area contributed by atoms with Gasteiger partial charge < -0.3 is 9.88 Å². The van der Waals surface area contributed by atoms with Crippen molar-refractivity contribution in [3.8, 4) is 0 Å². The summed E-state index contributed by atoms with van der Waals surface area (Å²) in [5.41, 5.74) is 4.26. The second-order valence-corrected chi connectivity index (χ2v) is 6.32. The second kappa shape index (κ2) is 6.11. The highest BCUT2D eigenvalue weighted by atomic mass is 19.1. The minimum absolute atomic E-state index is 0.181. The third-order valence-electron chi connectivity index (χ3n) is 4.76. The van der Waals surface area contributed by atoms with Gasteiger partial charge in [0.25, 0.3) is 0 Å². The molecule has 1 aliphatic rings. The van der Waals surface area contributed by atoms with Crippen LogP contribution in [0.5, 0.6) is 0 Å². The Kier molecular flexibility index (Phi) is 3.81. The van der Waals surface area contributed by atoms with E-state index in [4.69, 9.17) is 0 Å². The fourth-order valence-electron chi connectivity index (χ4n) is 3.46. The maximum absolute atomic E-state index is 13.4. The van der Waals surface area contributed by atoms with Crippen molar-refractivity contribution in [1.29, 1.82) is 0 Å². The summed E-state index contributed by atoms with van der Waals surface area (Å²) in [5, 5.41) is 1.02. The number of nitrogens with one attached hydrogen (secondary N) is 1. The molecule has 1 N–H and O–H groups in total. The van der Waals surface area contributed by atoms with Crippen LogP contribution in [0.4, 0.5) is 4.39 Å². The molecular formula is C20H19FN2O. The molecule has 0 saturated carbocycles. The number of carbonyl (C=O) groups excluding carboxylic acids is 1. The standard InChI is InChI=1S/C20H19FN2O/c21-15-7-8-16-17-13-23(11-10-18(17)22-19(16)12-15)20(24)9-6-14-4-2-1-3-5-14/h1-5,7-8,12,22H,6,9-11,13H2. The zero-order chi connectivity index (χ0) is 16.5. The number of amides is 1. The Bertz CT molecular complexity index is 885. The van der Waals surface area contributed by atoms with Crippen LogP contribution in [0, 0.1) is 5.82 Å². The number of hydrogen-bond donors (Lipinski definition) is 1. The van der Waals surface area contributed by atoms with E-state index in [-0.39, 0.29) is 11.7 Å². The zero-order valence-corrected chi connectivity index (χ0v) is 13.4. The lowest BCUT2D eigenvalue weighted by molar-refractivity contribution is -0.132. The van der Waals surface area contributed by atoms with E-state index in [1.165, 1.54) is 17.7 Å². The first kappa shape index (κ1) is 14.9. The molecule has 24 heavy (non-hydrogen) atoms. The molecule has 0 unspecified atom stereocenters. The molecule has 1 aromatic heterocycles. The quantitative estimate of drug-likeness (QED) is 0.782. The molecule has 0 aliphatic carbocycles. The number of rotatable bonds is 3. The predicted octanol–water partition coefficient (Wildman–Crippen LogP) is 3.82. The van der Waals surface area contributed by atoms with Gasteiger partial charge in [-0.25, -0.2) is 4.39 Å². The van der Waals surface area contributed by atoms with Crippen molar-refractivity contribution in [3.05, 3.63) is 71.2 Å². The van der Waals surface area contributed by atoms with Crippen LogP contribution in [0.15, 0.2) is 48.5 Å². The normalized spacial score (nSPS) is 14.0. The van der Waals surface area contributed by atoms with Gasteiger partial charge in [0.2, 0.25) is 5.91 Å². The van der Waals surface area contributed by atoms with Gasteiger partial charge in [0, 0.05) is 48.1 Å². The number of benzene rings is 2. The van der Waals surface area contributed by atoms with Gasteiger partial charge in [-0.2, -0.15) is 0 Å². The van der Waals surface area contributed by atoms with Crippen molar-refractivity contribution < 1.29 is 9.18 Å². The molecule has 122 valence electrons. The van der Waals surface area contributed by atoms with Crippen LogP contribution in [-0.2, 0) is 24.2 Å². The number of aryl methyl sites for hydroxylation is 1. The highest BCUT2D eigenvalue weighted by Crippen LogP contribution is 2.28. The number of halogens is 1. The molecule has 1 amide bonds. The number of aromatic amines is 1. The van der Waals surface area contributed by atoms with Gasteiger partial charge in [0.15, 0.2) is 0 Å². The molecule has 4 rings (SSSR count). The van der Waals surface area contributed by atoms with E-state index in [1.807, 2.05) is 23.1 Å². The monoisotopic (exact) mass is 322 g/mol. The minimum atomic E-state index is -0.239. The third-order valence-corrected chi connectivity index (χ3v) is 4.76. The van der Waals surface area contributed by atoms with Crippen molar-refractivity contribution in [1.82, 2.24) is 9.88 Å². The maximum Gasteiger partial charge on any atom is 0.223 e. The van der Waals surface area contributed by atoms with Gasteiger partial charge >= 0.3 is 0 Å². The van der Waals surface area contributed by atoms with E-state index in [9.17, 15) is 9.18 Å². The Labute approximate surface area is 140 Å². The van der Waals surface area contributed by atoms with Gasteiger partial charge in [-0.15, -0.1) is 0 Å². The van der Waals surface area contributed by atoms with Crippen LogP contribution in [-0.4, -0.2) is 22.3 Å². The van der Waals surface area contributed by atoms with E-state index in [2.05, 4.69) is 17.1 Å². The fourth-order valence-corrected chi connectivity index (χ4v) is 3.46. The molecule has 3 aromatic rings. The predicted molar refractivity (Wildman–Crippen MR) is 92.1 cm³/mol. The van der Waals surface area contributed by atoms with Crippen LogP contribution in [0.3, 0.4) is 0 Å². The average Bonchev–Trinajstić information content (AvgIpc) is 2.97. The van der Waals surface area contributed by atoms with Crippen molar-refractivity contribution in [2.45, 2.75) is 25.8 Å². The summed E-state index contributed by atoms with van der Waals surface area (Å²) in [4.78, 5) is 17.8. The minimum Gasteiger partial charge on any atom is -0.358 e. The van der Waals surface area contributed by atoms with Gasteiger partial charge in [-0.1, -0.05) is 30.3 Å². The second-order valence-electron chi connectivity index (χ2n) is 6.32. The number of fused-ring (bicyclic) bond motifs is 3. The fraction of sp³-hybridized carbons (Fsp3) is 0.250.